The van der Waals surface area contributed by atoms with Crippen LogP contribution in [0.25, 0.3) is 0 Å². The van der Waals surface area contributed by atoms with Crippen molar-refractivity contribution < 1.29 is 27.6 Å². The highest BCUT2D eigenvalue weighted by Gasteiger charge is 2.32. The fourth-order valence-corrected chi connectivity index (χ4v) is 4.38. The smallest absolute Gasteiger partial charge is 0.405 e. The van der Waals surface area contributed by atoms with Crippen LogP contribution in [0.4, 0.5) is 30.6 Å². The van der Waals surface area contributed by atoms with Gasteiger partial charge in [-0.25, -0.2) is 4.98 Å². The van der Waals surface area contributed by atoms with Crippen LogP contribution in [0, 0.1) is 16.0 Å². The van der Waals surface area contributed by atoms with Gasteiger partial charge in [-0.2, -0.15) is 4.98 Å². The standard InChI is InChI=1S/C26H27F3N6O4/c27-26(28,29)39-22-9-5-4-8-19(22)15-31-25-32-16-21(35(37)38)23(34-25)30-14-17-10-12-20(13-11-17)33-24(36)18-6-2-1-3-7-18/h1-9,16-17,20H,10-15H2,(H,33,36)(H2,30,31,32,34). The maximum atomic E-state index is 12.7. The number of carbonyl (C=O) groups excluding carboxylic acids is 1. The van der Waals surface area contributed by atoms with Crippen molar-refractivity contribution >= 4 is 23.4 Å². The summed E-state index contributed by atoms with van der Waals surface area (Å²) in [4.78, 5) is 31.4. The lowest BCUT2D eigenvalue weighted by molar-refractivity contribution is -0.384. The number of hydrogen-bond acceptors (Lipinski definition) is 8. The molecule has 1 fully saturated rings. The van der Waals surface area contributed by atoms with Gasteiger partial charge in [0.15, 0.2) is 0 Å². The van der Waals surface area contributed by atoms with Gasteiger partial charge in [0.1, 0.15) is 11.9 Å². The van der Waals surface area contributed by atoms with E-state index in [4.69, 9.17) is 0 Å². The molecule has 0 bridgehead atoms. The number of nitrogens with zero attached hydrogens (tertiary/aromatic N) is 3. The van der Waals surface area contributed by atoms with Gasteiger partial charge in [0.25, 0.3) is 5.91 Å². The Morgan fingerprint density at radius 2 is 1.72 bits per heavy atom. The quantitative estimate of drug-likeness (QED) is 0.232. The molecule has 10 nitrogen and oxygen atoms in total. The number of aromatic nitrogens is 2. The average molecular weight is 545 g/mol. The lowest BCUT2D eigenvalue weighted by atomic mass is 9.86. The van der Waals surface area contributed by atoms with Crippen LogP contribution in [0.3, 0.4) is 0 Å². The molecule has 3 N–H and O–H groups in total. The molecular weight excluding hydrogens is 517 g/mol. The second-order valence-electron chi connectivity index (χ2n) is 9.13. The molecule has 1 saturated carbocycles. The molecule has 13 heteroatoms. The van der Waals surface area contributed by atoms with Crippen LogP contribution in [0.15, 0.2) is 60.8 Å². The van der Waals surface area contributed by atoms with Gasteiger partial charge in [-0.1, -0.05) is 36.4 Å². The van der Waals surface area contributed by atoms with Crippen molar-refractivity contribution in [2.24, 2.45) is 5.92 Å². The highest BCUT2D eigenvalue weighted by Crippen LogP contribution is 2.29. The molecule has 0 spiro atoms. The number of nitro groups is 1. The zero-order chi connectivity index (χ0) is 27.8. The zero-order valence-corrected chi connectivity index (χ0v) is 20.8. The third-order valence-electron chi connectivity index (χ3n) is 6.38. The summed E-state index contributed by atoms with van der Waals surface area (Å²) in [6.07, 6.45) is -0.610. The Balaban J connectivity index is 1.32. The van der Waals surface area contributed by atoms with Gasteiger partial charge in [-0.15, -0.1) is 13.2 Å². The summed E-state index contributed by atoms with van der Waals surface area (Å²) in [6, 6.07) is 14.7. The minimum atomic E-state index is -4.84. The van der Waals surface area contributed by atoms with Gasteiger partial charge >= 0.3 is 12.0 Å². The Bertz CT molecular complexity index is 1280. The molecule has 1 aliphatic carbocycles. The molecule has 1 aliphatic rings. The molecule has 0 atom stereocenters. The number of amides is 1. The molecule has 39 heavy (non-hydrogen) atoms. The van der Waals surface area contributed by atoms with Gasteiger partial charge < -0.3 is 20.7 Å². The van der Waals surface area contributed by atoms with E-state index in [1.165, 1.54) is 18.2 Å². The van der Waals surface area contributed by atoms with E-state index in [1.54, 1.807) is 18.2 Å². The molecule has 0 unspecified atom stereocenters. The summed E-state index contributed by atoms with van der Waals surface area (Å²) < 4.78 is 42.1. The predicted octanol–water partition coefficient (Wildman–Crippen LogP) is 5.30. The van der Waals surface area contributed by atoms with Crippen molar-refractivity contribution in [3.8, 4) is 5.75 Å². The number of alkyl halides is 3. The highest BCUT2D eigenvalue weighted by molar-refractivity contribution is 5.94. The lowest BCUT2D eigenvalue weighted by Crippen LogP contribution is -2.38. The fourth-order valence-electron chi connectivity index (χ4n) is 4.38. The number of carbonyl (C=O) groups is 1. The number of anilines is 2. The molecule has 1 aromatic heterocycles. The lowest BCUT2D eigenvalue weighted by Gasteiger charge is -2.29. The number of benzene rings is 2. The van der Waals surface area contributed by atoms with Crippen LogP contribution >= 0.6 is 0 Å². The maximum absolute atomic E-state index is 12.7. The number of rotatable bonds is 10. The van der Waals surface area contributed by atoms with Gasteiger partial charge in [0.05, 0.1) is 4.92 Å². The van der Waals surface area contributed by atoms with E-state index >= 15 is 0 Å². The second-order valence-corrected chi connectivity index (χ2v) is 9.13. The molecule has 0 saturated heterocycles. The molecule has 3 aromatic rings. The first kappa shape index (κ1) is 27.6. The summed E-state index contributed by atoms with van der Waals surface area (Å²) in [5, 5.41) is 20.4. The Morgan fingerprint density at radius 3 is 2.41 bits per heavy atom. The zero-order valence-electron chi connectivity index (χ0n) is 20.8. The Labute approximate surface area is 222 Å². The maximum Gasteiger partial charge on any atom is 0.573 e. The number of halogens is 3. The highest BCUT2D eigenvalue weighted by atomic mass is 19.4. The number of para-hydroxylation sites is 1. The normalized spacial score (nSPS) is 17.2. The third-order valence-corrected chi connectivity index (χ3v) is 6.38. The Hall–Kier alpha value is -4.42. The topological polar surface area (TPSA) is 131 Å². The predicted molar refractivity (Wildman–Crippen MR) is 137 cm³/mol. The molecule has 0 aliphatic heterocycles. The van der Waals surface area contributed by atoms with Gasteiger partial charge in [-0.05, 0) is 49.8 Å². The monoisotopic (exact) mass is 544 g/mol. The third kappa shape index (κ3) is 8.03. The van der Waals surface area contributed by atoms with Gasteiger partial charge in [0.2, 0.25) is 11.8 Å². The summed E-state index contributed by atoms with van der Waals surface area (Å²) in [5.41, 5.74) is 0.505. The van der Waals surface area contributed by atoms with Crippen molar-refractivity contribution in [2.75, 3.05) is 17.2 Å². The van der Waals surface area contributed by atoms with Crippen molar-refractivity contribution in [3.63, 3.8) is 0 Å². The summed E-state index contributed by atoms with van der Waals surface area (Å²) >= 11 is 0. The van der Waals surface area contributed by atoms with Crippen LogP contribution in [0.2, 0.25) is 0 Å². The van der Waals surface area contributed by atoms with Crippen LogP contribution < -0.4 is 20.7 Å². The van der Waals surface area contributed by atoms with Crippen molar-refractivity contribution in [2.45, 2.75) is 44.6 Å². The summed E-state index contributed by atoms with van der Waals surface area (Å²) in [7, 11) is 0. The summed E-state index contributed by atoms with van der Waals surface area (Å²) in [5.74, 6) is -0.240. The molecule has 4 rings (SSSR count). The van der Waals surface area contributed by atoms with Crippen LogP contribution in [0.1, 0.15) is 41.6 Å². The molecule has 206 valence electrons. The molecule has 1 amide bonds. The molecule has 2 aromatic carbocycles. The van der Waals surface area contributed by atoms with Crippen LogP contribution in [0.5, 0.6) is 5.75 Å². The van der Waals surface area contributed by atoms with Gasteiger partial charge in [-0.3, -0.25) is 14.9 Å². The first-order valence-corrected chi connectivity index (χ1v) is 12.4. The molecule has 1 heterocycles. The van der Waals surface area contributed by atoms with E-state index in [0.717, 1.165) is 31.9 Å². The minimum Gasteiger partial charge on any atom is -0.405 e. The van der Waals surface area contributed by atoms with Gasteiger partial charge in [0, 0.05) is 30.3 Å². The Kier molecular flexibility index (Phi) is 8.79. The molecular formula is C26H27F3N6O4. The SMILES string of the molecule is O=C(NC1CCC(CNc2nc(NCc3ccccc3OC(F)(F)F)ncc2[N+](=O)[O-])CC1)c1ccccc1. The molecule has 0 radical (unpaired) electrons. The van der Waals surface area contributed by atoms with E-state index in [9.17, 15) is 28.1 Å². The van der Waals surface area contributed by atoms with E-state index in [0.29, 0.717) is 12.1 Å². The van der Waals surface area contributed by atoms with Crippen molar-refractivity contribution in [3.05, 3.63) is 82.0 Å². The van der Waals surface area contributed by atoms with E-state index < -0.39 is 11.3 Å². The minimum absolute atomic E-state index is 0.0110. The van der Waals surface area contributed by atoms with E-state index in [2.05, 4.69) is 30.7 Å². The Morgan fingerprint density at radius 1 is 1.03 bits per heavy atom. The first-order valence-electron chi connectivity index (χ1n) is 12.4. The van der Waals surface area contributed by atoms with E-state index in [-0.39, 0.29) is 53.2 Å². The largest absolute Gasteiger partial charge is 0.573 e. The van der Waals surface area contributed by atoms with E-state index in [1.807, 2.05) is 18.2 Å². The summed E-state index contributed by atoms with van der Waals surface area (Å²) in [6.45, 7) is 0.334. The average Bonchev–Trinajstić information content (AvgIpc) is 2.91. The van der Waals surface area contributed by atoms with Crippen LogP contribution in [-0.4, -0.2) is 39.7 Å². The fraction of sp³-hybridized carbons (Fsp3) is 0.346. The number of hydrogen-bond donors (Lipinski definition) is 3. The first-order chi connectivity index (χ1) is 18.7. The van der Waals surface area contributed by atoms with Crippen molar-refractivity contribution in [1.82, 2.24) is 15.3 Å². The number of nitrogens with one attached hydrogen (secondary N) is 3. The second kappa shape index (κ2) is 12.4. The number of ether oxygens (including phenoxy) is 1. The van der Waals surface area contributed by atoms with Crippen LogP contribution in [-0.2, 0) is 6.54 Å². The van der Waals surface area contributed by atoms with Crippen molar-refractivity contribution in [1.29, 1.82) is 0 Å².